The average molecular weight is 332 g/mol. The molecule has 0 N–H and O–H groups in total. The van der Waals surface area contributed by atoms with Gasteiger partial charge in [0.2, 0.25) is 10.0 Å². The second kappa shape index (κ2) is 5.72. The van der Waals surface area contributed by atoms with Crippen LogP contribution in [0, 0.1) is 0 Å². The predicted octanol–water partition coefficient (Wildman–Crippen LogP) is 2.98. The highest BCUT2D eigenvalue weighted by atomic mass is 79.9. The molecule has 0 saturated carbocycles. The number of halogens is 1. The van der Waals surface area contributed by atoms with Gasteiger partial charge in [-0.3, -0.25) is 0 Å². The van der Waals surface area contributed by atoms with Gasteiger partial charge in [-0.25, -0.2) is 12.7 Å². The van der Waals surface area contributed by atoms with Crippen molar-refractivity contribution in [2.75, 3.05) is 18.8 Å². The number of nitrogens with zero attached hydrogens (tertiary/aromatic N) is 1. The molecule has 1 heterocycles. The third-order valence-electron chi connectivity index (χ3n) is 3.35. The number of hydrogen-bond acceptors (Lipinski definition) is 2. The maximum Gasteiger partial charge on any atom is 0.214 e. The zero-order valence-electron chi connectivity index (χ0n) is 10.5. The summed E-state index contributed by atoms with van der Waals surface area (Å²) in [6.07, 6.45) is 1.60. The lowest BCUT2D eigenvalue weighted by atomic mass is 9.99. The van der Waals surface area contributed by atoms with Crippen LogP contribution in [-0.2, 0) is 10.0 Å². The molecular weight excluding hydrogens is 314 g/mol. The minimum absolute atomic E-state index is 0.264. The Bertz CT molecular complexity index is 498. The third kappa shape index (κ3) is 3.13. The SMILES string of the molecule is CCCS(=O)(=O)N1CCC(c2ccc(Br)cc2)C1. The van der Waals surface area contributed by atoms with E-state index in [0.29, 0.717) is 25.4 Å². The minimum Gasteiger partial charge on any atom is -0.212 e. The Labute approximate surface area is 117 Å². The summed E-state index contributed by atoms with van der Waals surface area (Å²) in [7, 11) is -3.04. The largest absolute Gasteiger partial charge is 0.214 e. The Morgan fingerprint density at radius 2 is 2.00 bits per heavy atom. The monoisotopic (exact) mass is 331 g/mol. The molecule has 1 saturated heterocycles. The van der Waals surface area contributed by atoms with Gasteiger partial charge in [-0.05, 0) is 36.5 Å². The van der Waals surface area contributed by atoms with Crippen LogP contribution in [0.2, 0.25) is 0 Å². The summed E-state index contributed by atoms with van der Waals surface area (Å²) in [4.78, 5) is 0. The van der Waals surface area contributed by atoms with Gasteiger partial charge in [-0.15, -0.1) is 0 Å². The molecule has 0 radical (unpaired) electrons. The van der Waals surface area contributed by atoms with Gasteiger partial charge >= 0.3 is 0 Å². The van der Waals surface area contributed by atoms with Crippen molar-refractivity contribution in [1.82, 2.24) is 4.31 Å². The molecule has 100 valence electrons. The van der Waals surface area contributed by atoms with E-state index >= 15 is 0 Å². The quantitative estimate of drug-likeness (QED) is 0.850. The topological polar surface area (TPSA) is 37.4 Å². The molecule has 2 rings (SSSR count). The van der Waals surface area contributed by atoms with Gasteiger partial charge in [0.25, 0.3) is 0 Å². The van der Waals surface area contributed by atoms with E-state index in [9.17, 15) is 8.42 Å². The summed E-state index contributed by atoms with van der Waals surface area (Å²) in [5.74, 6) is 0.602. The number of sulfonamides is 1. The van der Waals surface area contributed by atoms with Crippen molar-refractivity contribution < 1.29 is 8.42 Å². The second-order valence-electron chi connectivity index (χ2n) is 4.71. The summed E-state index contributed by atoms with van der Waals surface area (Å²) in [5, 5.41) is 0. The Hall–Kier alpha value is -0.390. The average Bonchev–Trinajstić information content (AvgIpc) is 2.80. The Morgan fingerprint density at radius 1 is 1.33 bits per heavy atom. The van der Waals surface area contributed by atoms with Crippen LogP contribution >= 0.6 is 15.9 Å². The lowest BCUT2D eigenvalue weighted by Gasteiger charge is -2.16. The number of benzene rings is 1. The highest BCUT2D eigenvalue weighted by Gasteiger charge is 2.31. The molecule has 0 aliphatic carbocycles. The van der Waals surface area contributed by atoms with Gasteiger partial charge in [0.1, 0.15) is 0 Å². The van der Waals surface area contributed by atoms with Gasteiger partial charge < -0.3 is 0 Å². The smallest absolute Gasteiger partial charge is 0.212 e. The first-order valence-electron chi connectivity index (χ1n) is 6.26. The van der Waals surface area contributed by atoms with Crippen LogP contribution in [0.15, 0.2) is 28.7 Å². The molecule has 0 spiro atoms. The van der Waals surface area contributed by atoms with Crippen molar-refractivity contribution in [3.63, 3.8) is 0 Å². The van der Waals surface area contributed by atoms with Gasteiger partial charge in [-0.1, -0.05) is 35.0 Å². The molecular formula is C13H18BrNO2S. The van der Waals surface area contributed by atoms with Crippen molar-refractivity contribution >= 4 is 26.0 Å². The van der Waals surface area contributed by atoms with E-state index in [1.54, 1.807) is 4.31 Å². The molecule has 0 amide bonds. The van der Waals surface area contributed by atoms with Crippen LogP contribution in [0.1, 0.15) is 31.2 Å². The maximum absolute atomic E-state index is 12.0. The highest BCUT2D eigenvalue weighted by Crippen LogP contribution is 2.29. The van der Waals surface area contributed by atoms with E-state index in [4.69, 9.17) is 0 Å². The first-order chi connectivity index (χ1) is 8.53. The Kier molecular flexibility index (Phi) is 4.45. The van der Waals surface area contributed by atoms with Crippen molar-refractivity contribution in [3.8, 4) is 0 Å². The Balaban J connectivity index is 2.07. The van der Waals surface area contributed by atoms with E-state index in [1.165, 1.54) is 5.56 Å². The first kappa shape index (κ1) is 14.0. The second-order valence-corrected chi connectivity index (χ2v) is 7.72. The molecule has 5 heteroatoms. The summed E-state index contributed by atoms with van der Waals surface area (Å²) < 4.78 is 26.7. The fourth-order valence-electron chi connectivity index (χ4n) is 2.37. The predicted molar refractivity (Wildman–Crippen MR) is 77.2 cm³/mol. The molecule has 18 heavy (non-hydrogen) atoms. The molecule has 1 fully saturated rings. The third-order valence-corrected chi connectivity index (χ3v) is 5.92. The van der Waals surface area contributed by atoms with Gasteiger partial charge in [0.15, 0.2) is 0 Å². The zero-order valence-corrected chi connectivity index (χ0v) is 12.9. The van der Waals surface area contributed by atoms with Crippen LogP contribution < -0.4 is 0 Å². The standard InChI is InChI=1S/C13H18BrNO2S/c1-2-9-18(16,17)15-8-7-12(10-15)11-3-5-13(14)6-4-11/h3-6,12H,2,7-10H2,1H3. The fourth-order valence-corrected chi connectivity index (χ4v) is 4.20. The highest BCUT2D eigenvalue weighted by molar-refractivity contribution is 9.10. The van der Waals surface area contributed by atoms with Gasteiger partial charge in [-0.2, -0.15) is 0 Å². The van der Waals surface area contributed by atoms with Crippen LogP contribution in [0.25, 0.3) is 0 Å². The summed E-state index contributed by atoms with van der Waals surface area (Å²) in [6, 6.07) is 8.17. The van der Waals surface area contributed by atoms with Crippen LogP contribution in [0.5, 0.6) is 0 Å². The van der Waals surface area contributed by atoms with E-state index in [0.717, 1.165) is 10.9 Å². The summed E-state index contributed by atoms with van der Waals surface area (Å²) in [5.41, 5.74) is 1.23. The molecule has 1 atom stereocenters. The fraction of sp³-hybridized carbons (Fsp3) is 0.538. The van der Waals surface area contributed by atoms with E-state index in [1.807, 2.05) is 19.1 Å². The number of rotatable bonds is 4. The molecule has 0 aromatic heterocycles. The molecule has 0 bridgehead atoms. The van der Waals surface area contributed by atoms with Crippen molar-refractivity contribution in [3.05, 3.63) is 34.3 Å². The lowest BCUT2D eigenvalue weighted by Crippen LogP contribution is -2.30. The van der Waals surface area contributed by atoms with E-state index < -0.39 is 10.0 Å². The lowest BCUT2D eigenvalue weighted by molar-refractivity contribution is 0.472. The molecule has 1 aromatic carbocycles. The van der Waals surface area contributed by atoms with Crippen LogP contribution in [-0.4, -0.2) is 31.6 Å². The molecule has 3 nitrogen and oxygen atoms in total. The van der Waals surface area contributed by atoms with Crippen LogP contribution in [0.4, 0.5) is 0 Å². The summed E-state index contributed by atoms with van der Waals surface area (Å²) >= 11 is 3.41. The van der Waals surface area contributed by atoms with Gasteiger partial charge in [0.05, 0.1) is 5.75 Å². The van der Waals surface area contributed by atoms with Crippen LogP contribution in [0.3, 0.4) is 0 Å². The molecule has 1 unspecified atom stereocenters. The molecule has 1 aromatic rings. The molecule has 1 aliphatic rings. The first-order valence-corrected chi connectivity index (χ1v) is 8.66. The summed E-state index contributed by atoms with van der Waals surface area (Å²) in [6.45, 7) is 3.19. The van der Waals surface area contributed by atoms with E-state index in [-0.39, 0.29) is 5.75 Å². The van der Waals surface area contributed by atoms with Gasteiger partial charge in [0, 0.05) is 17.6 Å². The zero-order chi connectivity index (χ0) is 13.2. The van der Waals surface area contributed by atoms with Crippen molar-refractivity contribution in [1.29, 1.82) is 0 Å². The number of hydrogen-bond donors (Lipinski definition) is 0. The Morgan fingerprint density at radius 3 is 2.61 bits per heavy atom. The normalized spacial score (nSPS) is 21.3. The van der Waals surface area contributed by atoms with Crippen molar-refractivity contribution in [2.24, 2.45) is 0 Å². The maximum atomic E-state index is 12.0. The van der Waals surface area contributed by atoms with Crippen molar-refractivity contribution in [2.45, 2.75) is 25.7 Å². The van der Waals surface area contributed by atoms with E-state index in [2.05, 4.69) is 28.1 Å². The molecule has 1 aliphatic heterocycles. The minimum atomic E-state index is -3.04.